The highest BCUT2D eigenvalue weighted by molar-refractivity contribution is 5.89. The van der Waals surface area contributed by atoms with Crippen LogP contribution in [0.15, 0.2) is 11.8 Å². The van der Waals surface area contributed by atoms with E-state index in [0.29, 0.717) is 0 Å². The number of rotatable bonds is 7. The summed E-state index contributed by atoms with van der Waals surface area (Å²) in [5.41, 5.74) is -0.823. The Morgan fingerprint density at radius 3 is 2.05 bits per heavy atom. The molecule has 0 aromatic rings. The minimum Gasteiger partial charge on any atom is -0.464 e. The topological polar surface area (TPSA) is 64.6 Å². The van der Waals surface area contributed by atoms with E-state index in [-0.39, 0.29) is 25.2 Å². The van der Waals surface area contributed by atoms with E-state index in [4.69, 9.17) is 4.74 Å². The van der Waals surface area contributed by atoms with E-state index in [1.165, 1.54) is 6.92 Å². The number of hydrogen-bond donors (Lipinski definition) is 1. The van der Waals surface area contributed by atoms with Crippen molar-refractivity contribution in [3.63, 3.8) is 0 Å². The van der Waals surface area contributed by atoms with Crippen LogP contribution in [-0.2, 0) is 19.1 Å². The van der Waals surface area contributed by atoms with Crippen molar-refractivity contribution in [2.75, 3.05) is 13.2 Å². The lowest BCUT2D eigenvalue weighted by atomic mass is 10.0. The van der Waals surface area contributed by atoms with Gasteiger partial charge in [-0.1, -0.05) is 13.8 Å². The van der Waals surface area contributed by atoms with Crippen molar-refractivity contribution in [3.8, 4) is 0 Å². The fourth-order valence-electron chi connectivity index (χ4n) is 1.43. The van der Waals surface area contributed by atoms with Crippen molar-refractivity contribution in [2.45, 2.75) is 39.9 Å². The second-order valence-electron chi connectivity index (χ2n) is 4.44. The zero-order valence-corrected chi connectivity index (χ0v) is 12.4. The number of esters is 2. The third-order valence-electron chi connectivity index (χ3n) is 2.32. The molecule has 0 saturated carbocycles. The number of allylic oxidation sites excluding steroid dienone is 1. The monoisotopic (exact) mass is 311 g/mol. The third kappa shape index (κ3) is 7.57. The molecule has 0 rings (SSSR count). The van der Waals surface area contributed by atoms with Crippen molar-refractivity contribution in [1.29, 1.82) is 0 Å². The molecule has 8 heteroatoms. The number of carbonyl (C=O) groups is 2. The normalized spacial score (nSPS) is 13.8. The van der Waals surface area contributed by atoms with Gasteiger partial charge in [0.25, 0.3) is 0 Å². The van der Waals surface area contributed by atoms with Gasteiger partial charge in [0, 0.05) is 6.08 Å². The molecule has 0 radical (unpaired) electrons. The predicted octanol–water partition coefficient (Wildman–Crippen LogP) is 2.17. The van der Waals surface area contributed by atoms with Gasteiger partial charge in [-0.25, -0.2) is 9.59 Å². The second-order valence-corrected chi connectivity index (χ2v) is 4.44. The molecule has 1 N–H and O–H groups in total. The summed E-state index contributed by atoms with van der Waals surface area (Å²) in [7, 11) is 0. The molecular weight excluding hydrogens is 291 g/mol. The first-order valence-electron chi connectivity index (χ1n) is 6.52. The predicted molar refractivity (Wildman–Crippen MR) is 69.2 cm³/mol. The van der Waals surface area contributed by atoms with E-state index >= 15 is 0 Å². The number of carbonyl (C=O) groups excluding carboxylic acids is 2. The van der Waals surface area contributed by atoms with Crippen LogP contribution in [0.2, 0.25) is 0 Å². The number of alkyl halides is 3. The van der Waals surface area contributed by atoms with Crippen LogP contribution in [0.1, 0.15) is 27.7 Å². The molecule has 0 unspecified atom stereocenters. The van der Waals surface area contributed by atoms with Gasteiger partial charge in [-0.05, 0) is 19.8 Å². The molecule has 0 fully saturated rings. The second kappa shape index (κ2) is 8.53. The van der Waals surface area contributed by atoms with E-state index in [0.717, 1.165) is 0 Å². The largest absolute Gasteiger partial charge is 0.464 e. The van der Waals surface area contributed by atoms with Crippen molar-refractivity contribution >= 4 is 11.9 Å². The van der Waals surface area contributed by atoms with E-state index < -0.39 is 29.9 Å². The van der Waals surface area contributed by atoms with E-state index in [1.54, 1.807) is 20.8 Å². The third-order valence-corrected chi connectivity index (χ3v) is 2.32. The molecule has 0 aliphatic carbocycles. The molecule has 122 valence electrons. The molecule has 0 aromatic carbocycles. The van der Waals surface area contributed by atoms with Gasteiger partial charge in [0.15, 0.2) is 0 Å². The average molecular weight is 311 g/mol. The zero-order chi connectivity index (χ0) is 16.6. The molecular formula is C13H20F3NO4. The van der Waals surface area contributed by atoms with Crippen LogP contribution in [0.3, 0.4) is 0 Å². The molecule has 0 spiro atoms. The number of hydrogen-bond acceptors (Lipinski definition) is 5. The molecule has 0 aliphatic rings. The van der Waals surface area contributed by atoms with Gasteiger partial charge in [-0.2, -0.15) is 13.2 Å². The van der Waals surface area contributed by atoms with Gasteiger partial charge < -0.3 is 14.8 Å². The summed E-state index contributed by atoms with van der Waals surface area (Å²) in [4.78, 5) is 23.3. The first-order valence-corrected chi connectivity index (χ1v) is 6.52. The van der Waals surface area contributed by atoms with Gasteiger partial charge in [0.1, 0.15) is 11.7 Å². The summed E-state index contributed by atoms with van der Waals surface area (Å²) < 4.78 is 46.7. The summed E-state index contributed by atoms with van der Waals surface area (Å²) in [6, 6.07) is -1.08. The molecule has 0 bridgehead atoms. The van der Waals surface area contributed by atoms with Crippen molar-refractivity contribution in [1.82, 2.24) is 5.32 Å². The van der Waals surface area contributed by atoms with E-state index in [2.05, 4.69) is 10.1 Å². The first kappa shape index (κ1) is 19.3. The van der Waals surface area contributed by atoms with E-state index in [9.17, 15) is 22.8 Å². The van der Waals surface area contributed by atoms with Gasteiger partial charge in [0.05, 0.1) is 13.2 Å². The SMILES string of the molecule is CCOC(=O)/C(=C/C(F)(F)F)N[C@H](C(=O)OCC)C(C)C. The molecule has 0 aliphatic heterocycles. The van der Waals surface area contributed by atoms with E-state index in [1.807, 2.05) is 0 Å². The molecule has 1 atom stereocenters. The lowest BCUT2D eigenvalue weighted by Crippen LogP contribution is -2.44. The summed E-state index contributed by atoms with van der Waals surface area (Å²) in [6.07, 6.45) is -4.94. The van der Waals surface area contributed by atoms with Gasteiger partial charge >= 0.3 is 18.1 Å². The van der Waals surface area contributed by atoms with Crippen LogP contribution in [-0.4, -0.2) is 37.4 Å². The van der Waals surface area contributed by atoms with Crippen LogP contribution in [0.25, 0.3) is 0 Å². The highest BCUT2D eigenvalue weighted by Gasteiger charge is 2.31. The standard InChI is InChI=1S/C13H20F3NO4/c1-5-20-11(18)9(7-13(14,15)16)17-10(8(3)4)12(19)21-6-2/h7-8,10,17H,5-6H2,1-4H3/b9-7-/t10-/m0/s1. The Morgan fingerprint density at radius 2 is 1.67 bits per heavy atom. The van der Waals surface area contributed by atoms with Crippen LogP contribution in [0, 0.1) is 5.92 Å². The Bertz CT molecular complexity index is 391. The number of ether oxygens (including phenoxy) is 2. The molecule has 21 heavy (non-hydrogen) atoms. The molecule has 0 saturated heterocycles. The van der Waals surface area contributed by atoms with Gasteiger partial charge in [-0.3, -0.25) is 0 Å². The fourth-order valence-corrected chi connectivity index (χ4v) is 1.43. The Hall–Kier alpha value is -1.73. The zero-order valence-electron chi connectivity index (χ0n) is 12.4. The lowest BCUT2D eigenvalue weighted by molar-refractivity contribution is -0.147. The highest BCUT2D eigenvalue weighted by atomic mass is 19.4. The van der Waals surface area contributed by atoms with Crippen LogP contribution >= 0.6 is 0 Å². The molecule has 0 aromatic heterocycles. The van der Waals surface area contributed by atoms with Crippen LogP contribution in [0.4, 0.5) is 13.2 Å². The molecule has 5 nitrogen and oxygen atoms in total. The van der Waals surface area contributed by atoms with Crippen LogP contribution in [0.5, 0.6) is 0 Å². The highest BCUT2D eigenvalue weighted by Crippen LogP contribution is 2.19. The maximum absolute atomic E-state index is 12.5. The summed E-state index contributed by atoms with van der Waals surface area (Å²) in [6.45, 7) is 6.28. The smallest absolute Gasteiger partial charge is 0.411 e. The minimum absolute atomic E-state index is 0.0819. The van der Waals surface area contributed by atoms with Crippen molar-refractivity contribution in [3.05, 3.63) is 11.8 Å². The maximum atomic E-state index is 12.5. The van der Waals surface area contributed by atoms with Gasteiger partial charge in [0.2, 0.25) is 0 Å². The Labute approximate surface area is 121 Å². The fraction of sp³-hybridized carbons (Fsp3) is 0.692. The summed E-state index contributed by atoms with van der Waals surface area (Å²) in [5.74, 6) is -2.29. The minimum atomic E-state index is -4.72. The Kier molecular flexibility index (Phi) is 7.83. The number of nitrogens with one attached hydrogen (secondary N) is 1. The number of halogens is 3. The Morgan fingerprint density at radius 1 is 1.14 bits per heavy atom. The van der Waals surface area contributed by atoms with Crippen molar-refractivity contribution in [2.24, 2.45) is 5.92 Å². The summed E-state index contributed by atoms with van der Waals surface area (Å²) >= 11 is 0. The maximum Gasteiger partial charge on any atom is 0.411 e. The first-order chi connectivity index (χ1) is 9.62. The van der Waals surface area contributed by atoms with Crippen molar-refractivity contribution < 1.29 is 32.2 Å². The van der Waals surface area contributed by atoms with Gasteiger partial charge in [-0.15, -0.1) is 0 Å². The lowest BCUT2D eigenvalue weighted by Gasteiger charge is -2.22. The quantitative estimate of drug-likeness (QED) is 0.576. The summed E-state index contributed by atoms with van der Waals surface area (Å²) in [5, 5.41) is 2.27. The Balaban J connectivity index is 5.29. The van der Waals surface area contributed by atoms with Crippen LogP contribution < -0.4 is 5.32 Å². The molecule has 0 amide bonds. The molecule has 0 heterocycles. The average Bonchev–Trinajstić information content (AvgIpc) is 2.32.